The highest BCUT2D eigenvalue weighted by Crippen LogP contribution is 2.36. The normalized spacial score (nSPS) is 11.3. The quantitative estimate of drug-likeness (QED) is 0.656. The molecule has 0 bridgehead atoms. The van der Waals surface area contributed by atoms with Crippen molar-refractivity contribution in [1.29, 1.82) is 0 Å². The summed E-state index contributed by atoms with van der Waals surface area (Å²) in [6.45, 7) is 2.44. The Kier molecular flexibility index (Phi) is 4.53. The van der Waals surface area contributed by atoms with Gasteiger partial charge in [0.25, 0.3) is 0 Å². The first-order chi connectivity index (χ1) is 11.2. The predicted molar refractivity (Wildman–Crippen MR) is 92.1 cm³/mol. The summed E-state index contributed by atoms with van der Waals surface area (Å²) in [6.07, 6.45) is 3.67. The first-order valence-electron chi connectivity index (χ1n) is 7.25. The molecule has 3 rings (SSSR count). The van der Waals surface area contributed by atoms with Crippen LogP contribution in [0.2, 0.25) is 5.02 Å². The number of fused-ring (bicyclic) bond motifs is 1. The number of hydrogen-bond donors (Lipinski definition) is 0. The molecule has 0 unspecified atom stereocenters. The molecule has 0 fully saturated rings. The van der Waals surface area contributed by atoms with Gasteiger partial charge in [0.1, 0.15) is 5.52 Å². The molecule has 0 aliphatic rings. The second-order valence-corrected chi connectivity index (χ2v) is 5.23. The van der Waals surface area contributed by atoms with Crippen LogP contribution in [-0.2, 0) is 0 Å². The molecule has 0 atom stereocenters. The summed E-state index contributed by atoms with van der Waals surface area (Å²) >= 11 is 6.24. The van der Waals surface area contributed by atoms with Crippen molar-refractivity contribution in [3.8, 4) is 11.5 Å². The Morgan fingerprint density at radius 3 is 2.78 bits per heavy atom. The molecule has 0 N–H and O–H groups in total. The summed E-state index contributed by atoms with van der Waals surface area (Å²) in [5, 5.41) is 0.496. The number of oxazole rings is 1. The minimum absolute atomic E-state index is 0.496. The van der Waals surface area contributed by atoms with Gasteiger partial charge in [-0.1, -0.05) is 23.7 Å². The molecule has 0 amide bonds. The zero-order valence-electron chi connectivity index (χ0n) is 12.9. The maximum absolute atomic E-state index is 6.24. The van der Waals surface area contributed by atoms with E-state index >= 15 is 0 Å². The molecule has 0 radical (unpaired) electrons. The van der Waals surface area contributed by atoms with E-state index in [0.29, 0.717) is 29.0 Å². The minimum atomic E-state index is 0.496. The number of nitrogens with zero attached hydrogens (tertiary/aromatic N) is 1. The van der Waals surface area contributed by atoms with E-state index < -0.39 is 0 Å². The highest BCUT2D eigenvalue weighted by molar-refractivity contribution is 6.32. The van der Waals surface area contributed by atoms with E-state index in [0.717, 1.165) is 16.7 Å². The van der Waals surface area contributed by atoms with E-state index in [1.807, 2.05) is 49.4 Å². The van der Waals surface area contributed by atoms with Crippen molar-refractivity contribution >= 4 is 34.9 Å². The molecule has 0 saturated carbocycles. The Balaban J connectivity index is 1.92. The summed E-state index contributed by atoms with van der Waals surface area (Å²) in [5.74, 6) is 1.68. The maximum atomic E-state index is 6.24. The van der Waals surface area contributed by atoms with Crippen molar-refractivity contribution in [2.45, 2.75) is 6.92 Å². The molecule has 1 heterocycles. The summed E-state index contributed by atoms with van der Waals surface area (Å²) in [5.41, 5.74) is 2.46. The molecule has 0 spiro atoms. The lowest BCUT2D eigenvalue weighted by atomic mass is 10.2. The highest BCUT2D eigenvalue weighted by atomic mass is 35.5. The number of hydrogen-bond acceptors (Lipinski definition) is 4. The molecule has 5 heteroatoms. The Labute approximate surface area is 139 Å². The van der Waals surface area contributed by atoms with Crippen LogP contribution >= 0.6 is 11.6 Å². The molecule has 1 aromatic heterocycles. The molecule has 4 nitrogen and oxygen atoms in total. The van der Waals surface area contributed by atoms with E-state index in [2.05, 4.69) is 4.98 Å². The van der Waals surface area contributed by atoms with E-state index in [-0.39, 0.29) is 0 Å². The van der Waals surface area contributed by atoms with Gasteiger partial charge in [0.15, 0.2) is 17.1 Å². The molecule has 3 aromatic rings. The predicted octanol–water partition coefficient (Wildman–Crippen LogP) is 5.06. The Bertz CT molecular complexity index is 822. The molecule has 2 aromatic carbocycles. The first-order valence-corrected chi connectivity index (χ1v) is 7.63. The van der Waals surface area contributed by atoms with Crippen LogP contribution in [0.3, 0.4) is 0 Å². The molecular weight excluding hydrogens is 314 g/mol. The monoisotopic (exact) mass is 329 g/mol. The van der Waals surface area contributed by atoms with Crippen molar-refractivity contribution in [2.75, 3.05) is 13.7 Å². The van der Waals surface area contributed by atoms with Gasteiger partial charge in [-0.25, -0.2) is 4.98 Å². The van der Waals surface area contributed by atoms with Gasteiger partial charge in [0.05, 0.1) is 18.7 Å². The van der Waals surface area contributed by atoms with E-state index in [9.17, 15) is 0 Å². The van der Waals surface area contributed by atoms with Gasteiger partial charge in [-0.15, -0.1) is 0 Å². The third-order valence-corrected chi connectivity index (χ3v) is 3.55. The molecule has 0 aliphatic carbocycles. The SMILES string of the molecule is CCOc1cc(C=Cc2nc3ccccc3o2)cc(Cl)c1OC. The van der Waals surface area contributed by atoms with Gasteiger partial charge in [0, 0.05) is 6.08 Å². The number of halogens is 1. The van der Waals surface area contributed by atoms with Crippen molar-refractivity contribution in [3.05, 3.63) is 52.9 Å². The number of benzene rings is 2. The van der Waals surface area contributed by atoms with Crippen molar-refractivity contribution in [1.82, 2.24) is 4.98 Å². The number of rotatable bonds is 5. The molecular formula is C18H16ClNO3. The van der Waals surface area contributed by atoms with Crippen LogP contribution in [0.1, 0.15) is 18.4 Å². The van der Waals surface area contributed by atoms with Crippen LogP contribution in [0, 0.1) is 0 Å². The first kappa shape index (κ1) is 15.4. The fourth-order valence-corrected chi connectivity index (χ4v) is 2.57. The minimum Gasteiger partial charge on any atom is -0.491 e. The topological polar surface area (TPSA) is 44.5 Å². The summed E-state index contributed by atoms with van der Waals surface area (Å²) < 4.78 is 16.5. The Morgan fingerprint density at radius 1 is 1.22 bits per heavy atom. The van der Waals surface area contributed by atoms with Gasteiger partial charge >= 0.3 is 0 Å². The van der Waals surface area contributed by atoms with E-state index in [1.54, 1.807) is 13.2 Å². The fourth-order valence-electron chi connectivity index (χ4n) is 2.27. The zero-order chi connectivity index (χ0) is 16.2. The van der Waals surface area contributed by atoms with Gasteiger partial charge in [-0.05, 0) is 42.8 Å². The van der Waals surface area contributed by atoms with Crippen LogP contribution in [0.4, 0.5) is 0 Å². The molecule has 0 aliphatic heterocycles. The average molecular weight is 330 g/mol. The van der Waals surface area contributed by atoms with Crippen LogP contribution in [0.15, 0.2) is 40.8 Å². The van der Waals surface area contributed by atoms with E-state index in [4.69, 9.17) is 25.5 Å². The van der Waals surface area contributed by atoms with Crippen LogP contribution in [0.25, 0.3) is 23.3 Å². The smallest absolute Gasteiger partial charge is 0.220 e. The third-order valence-electron chi connectivity index (χ3n) is 3.26. The lowest BCUT2D eigenvalue weighted by Crippen LogP contribution is -1.96. The summed E-state index contributed by atoms with van der Waals surface area (Å²) in [7, 11) is 1.57. The van der Waals surface area contributed by atoms with Crippen molar-refractivity contribution < 1.29 is 13.9 Å². The van der Waals surface area contributed by atoms with Crippen LogP contribution in [-0.4, -0.2) is 18.7 Å². The fraction of sp³-hybridized carbons (Fsp3) is 0.167. The second-order valence-electron chi connectivity index (χ2n) is 4.82. The third kappa shape index (κ3) is 3.32. The zero-order valence-corrected chi connectivity index (χ0v) is 13.6. The second kappa shape index (κ2) is 6.75. The van der Waals surface area contributed by atoms with Gasteiger partial charge < -0.3 is 13.9 Å². The molecule has 0 saturated heterocycles. The lowest BCUT2D eigenvalue weighted by molar-refractivity contribution is 0.311. The van der Waals surface area contributed by atoms with Gasteiger partial charge in [-0.3, -0.25) is 0 Å². The largest absolute Gasteiger partial charge is 0.491 e. The van der Waals surface area contributed by atoms with E-state index in [1.165, 1.54) is 0 Å². The number of ether oxygens (including phenoxy) is 2. The van der Waals surface area contributed by atoms with Crippen molar-refractivity contribution in [3.63, 3.8) is 0 Å². The number of para-hydroxylation sites is 2. The molecule has 118 valence electrons. The van der Waals surface area contributed by atoms with Crippen LogP contribution < -0.4 is 9.47 Å². The number of methoxy groups -OCH3 is 1. The summed E-state index contributed by atoms with van der Waals surface area (Å²) in [4.78, 5) is 4.40. The Morgan fingerprint density at radius 2 is 2.04 bits per heavy atom. The average Bonchev–Trinajstić information content (AvgIpc) is 2.96. The Hall–Kier alpha value is -2.46. The standard InChI is InChI=1S/C18H16ClNO3/c1-3-22-16-11-12(10-13(19)18(16)21-2)8-9-17-20-14-6-4-5-7-15(14)23-17/h4-11H,3H2,1-2H3. The van der Waals surface area contributed by atoms with Gasteiger partial charge in [-0.2, -0.15) is 0 Å². The maximum Gasteiger partial charge on any atom is 0.220 e. The van der Waals surface area contributed by atoms with Crippen molar-refractivity contribution in [2.24, 2.45) is 0 Å². The molecule has 23 heavy (non-hydrogen) atoms. The van der Waals surface area contributed by atoms with Gasteiger partial charge in [0.2, 0.25) is 5.89 Å². The van der Waals surface area contributed by atoms with Crippen LogP contribution in [0.5, 0.6) is 11.5 Å². The lowest BCUT2D eigenvalue weighted by Gasteiger charge is -2.11. The highest BCUT2D eigenvalue weighted by Gasteiger charge is 2.10. The summed E-state index contributed by atoms with van der Waals surface area (Å²) in [6, 6.07) is 11.3. The number of aromatic nitrogens is 1.